The number of carbonyl (C=O) groups is 1. The molecule has 1 nitrogen and oxygen atoms in total. The van der Waals surface area contributed by atoms with Crippen molar-refractivity contribution in [3.8, 4) is 0 Å². The van der Waals surface area contributed by atoms with E-state index in [1.807, 2.05) is 12.1 Å². The lowest BCUT2D eigenvalue weighted by atomic mass is 9.71. The highest BCUT2D eigenvalue weighted by molar-refractivity contribution is 6.00. The third-order valence-electron chi connectivity index (χ3n) is 4.23. The first-order valence-electron chi connectivity index (χ1n) is 7.29. The van der Waals surface area contributed by atoms with Crippen LogP contribution in [0.4, 0.5) is 0 Å². The number of rotatable bonds is 4. The topological polar surface area (TPSA) is 17.1 Å². The van der Waals surface area contributed by atoms with Crippen LogP contribution in [0.5, 0.6) is 0 Å². The fraction of sp³-hybridized carbons (Fsp3) is 0.588. The quantitative estimate of drug-likeness (QED) is 0.696. The highest BCUT2D eigenvalue weighted by Gasteiger charge is 2.34. The molecular formula is C17H24O. The molecule has 0 amide bonds. The molecule has 1 aliphatic rings. The minimum absolute atomic E-state index is 0.108. The van der Waals surface area contributed by atoms with Gasteiger partial charge in [-0.1, -0.05) is 57.7 Å². The molecule has 0 spiro atoms. The Balaban J connectivity index is 2.19. The Hall–Kier alpha value is -1.11. The fourth-order valence-corrected chi connectivity index (χ4v) is 3.06. The minimum Gasteiger partial charge on any atom is -0.294 e. The molecule has 1 fully saturated rings. The predicted molar refractivity (Wildman–Crippen MR) is 76.0 cm³/mol. The number of Topliss-reactive ketones (excluding diaryl/α,β-unsaturated/α-hetero) is 1. The van der Waals surface area contributed by atoms with Gasteiger partial charge in [0.2, 0.25) is 0 Å². The first kappa shape index (κ1) is 13.3. The predicted octanol–water partition coefficient (Wildman–Crippen LogP) is 4.79. The standard InChI is InChI=1S/C17H24O/c1-3-8-14-9-7-10-15(13-14)16(18)17(2)11-5-4-6-12-17/h7,9-10,13H,3-6,8,11-12H2,1-2H3. The van der Waals surface area contributed by atoms with Crippen molar-refractivity contribution < 1.29 is 4.79 Å². The third-order valence-corrected chi connectivity index (χ3v) is 4.23. The summed E-state index contributed by atoms with van der Waals surface area (Å²) in [5.74, 6) is 0.361. The van der Waals surface area contributed by atoms with E-state index in [1.54, 1.807) is 0 Å². The van der Waals surface area contributed by atoms with E-state index in [0.717, 1.165) is 31.2 Å². The Labute approximate surface area is 111 Å². The van der Waals surface area contributed by atoms with E-state index in [1.165, 1.54) is 24.8 Å². The van der Waals surface area contributed by atoms with Crippen molar-refractivity contribution in [3.05, 3.63) is 35.4 Å². The van der Waals surface area contributed by atoms with E-state index in [2.05, 4.69) is 26.0 Å². The summed E-state index contributed by atoms with van der Waals surface area (Å²) >= 11 is 0. The number of hydrogen-bond acceptors (Lipinski definition) is 1. The van der Waals surface area contributed by atoms with E-state index < -0.39 is 0 Å². The molecule has 0 saturated heterocycles. The summed E-state index contributed by atoms with van der Waals surface area (Å²) in [6.07, 6.45) is 8.02. The van der Waals surface area contributed by atoms with Crippen LogP contribution in [0.2, 0.25) is 0 Å². The molecule has 0 radical (unpaired) electrons. The van der Waals surface area contributed by atoms with Crippen LogP contribution < -0.4 is 0 Å². The van der Waals surface area contributed by atoms with Crippen LogP contribution in [-0.4, -0.2) is 5.78 Å². The van der Waals surface area contributed by atoms with Gasteiger partial charge in [0.1, 0.15) is 0 Å². The highest BCUT2D eigenvalue weighted by Crippen LogP contribution is 2.38. The van der Waals surface area contributed by atoms with Crippen LogP contribution in [0.1, 0.15) is 68.3 Å². The van der Waals surface area contributed by atoms with E-state index in [4.69, 9.17) is 0 Å². The zero-order chi connectivity index (χ0) is 13.0. The molecule has 98 valence electrons. The number of ketones is 1. The van der Waals surface area contributed by atoms with E-state index >= 15 is 0 Å². The van der Waals surface area contributed by atoms with Gasteiger partial charge in [-0.25, -0.2) is 0 Å². The summed E-state index contributed by atoms with van der Waals surface area (Å²) in [4.78, 5) is 12.7. The van der Waals surface area contributed by atoms with Gasteiger partial charge in [0.15, 0.2) is 5.78 Å². The molecule has 1 heteroatoms. The summed E-state index contributed by atoms with van der Waals surface area (Å²) < 4.78 is 0. The second-order valence-electron chi connectivity index (χ2n) is 5.90. The van der Waals surface area contributed by atoms with Crippen molar-refractivity contribution >= 4 is 5.78 Å². The second-order valence-corrected chi connectivity index (χ2v) is 5.90. The monoisotopic (exact) mass is 244 g/mol. The molecule has 0 aromatic heterocycles. The SMILES string of the molecule is CCCc1cccc(C(=O)C2(C)CCCCC2)c1. The van der Waals surface area contributed by atoms with Gasteiger partial charge < -0.3 is 0 Å². The summed E-state index contributed by atoms with van der Waals surface area (Å²) in [5.41, 5.74) is 2.11. The van der Waals surface area contributed by atoms with Gasteiger partial charge in [0.05, 0.1) is 0 Å². The van der Waals surface area contributed by atoms with Crippen molar-refractivity contribution in [1.29, 1.82) is 0 Å². The lowest BCUT2D eigenvalue weighted by Gasteiger charge is -2.32. The summed E-state index contributed by atoms with van der Waals surface area (Å²) in [5, 5.41) is 0. The Morgan fingerprint density at radius 2 is 1.94 bits per heavy atom. The molecular weight excluding hydrogens is 220 g/mol. The van der Waals surface area contributed by atoms with E-state index in [0.29, 0.717) is 5.78 Å². The average molecular weight is 244 g/mol. The van der Waals surface area contributed by atoms with Crippen molar-refractivity contribution in [3.63, 3.8) is 0 Å². The minimum atomic E-state index is -0.108. The molecule has 1 aromatic carbocycles. The maximum Gasteiger partial charge on any atom is 0.168 e. The van der Waals surface area contributed by atoms with Gasteiger partial charge in [-0.05, 0) is 30.9 Å². The van der Waals surface area contributed by atoms with Crippen molar-refractivity contribution in [2.75, 3.05) is 0 Å². The first-order chi connectivity index (χ1) is 8.65. The maximum absolute atomic E-state index is 12.7. The lowest BCUT2D eigenvalue weighted by Crippen LogP contribution is -2.30. The Morgan fingerprint density at radius 3 is 2.61 bits per heavy atom. The van der Waals surface area contributed by atoms with Crippen LogP contribution in [0.15, 0.2) is 24.3 Å². The summed E-state index contributed by atoms with van der Waals surface area (Å²) in [7, 11) is 0. The van der Waals surface area contributed by atoms with Gasteiger partial charge in [0, 0.05) is 11.0 Å². The zero-order valence-corrected chi connectivity index (χ0v) is 11.7. The Bertz CT molecular complexity index is 413. The van der Waals surface area contributed by atoms with E-state index in [-0.39, 0.29) is 5.41 Å². The van der Waals surface area contributed by atoms with E-state index in [9.17, 15) is 4.79 Å². The molecule has 0 atom stereocenters. The fourth-order valence-electron chi connectivity index (χ4n) is 3.06. The van der Waals surface area contributed by atoms with Crippen LogP contribution in [0.3, 0.4) is 0 Å². The summed E-state index contributed by atoms with van der Waals surface area (Å²) in [6, 6.07) is 8.25. The number of aryl methyl sites for hydroxylation is 1. The second kappa shape index (κ2) is 5.69. The normalized spacial score (nSPS) is 18.6. The number of hydrogen-bond donors (Lipinski definition) is 0. The highest BCUT2D eigenvalue weighted by atomic mass is 16.1. The molecule has 1 aromatic rings. The van der Waals surface area contributed by atoms with Crippen LogP contribution in [0, 0.1) is 5.41 Å². The molecule has 0 heterocycles. The van der Waals surface area contributed by atoms with Gasteiger partial charge in [-0.15, -0.1) is 0 Å². The molecule has 1 saturated carbocycles. The molecule has 0 aliphatic heterocycles. The lowest BCUT2D eigenvalue weighted by molar-refractivity contribution is 0.0749. The third kappa shape index (κ3) is 2.82. The summed E-state index contributed by atoms with van der Waals surface area (Å²) in [6.45, 7) is 4.33. The molecule has 0 unspecified atom stereocenters. The van der Waals surface area contributed by atoms with Gasteiger partial charge in [-0.2, -0.15) is 0 Å². The van der Waals surface area contributed by atoms with Crippen molar-refractivity contribution in [2.24, 2.45) is 5.41 Å². The largest absolute Gasteiger partial charge is 0.294 e. The van der Waals surface area contributed by atoms with Gasteiger partial charge >= 0.3 is 0 Å². The van der Waals surface area contributed by atoms with Crippen LogP contribution in [0.25, 0.3) is 0 Å². The van der Waals surface area contributed by atoms with Crippen molar-refractivity contribution in [1.82, 2.24) is 0 Å². The van der Waals surface area contributed by atoms with Crippen molar-refractivity contribution in [2.45, 2.75) is 58.8 Å². The smallest absolute Gasteiger partial charge is 0.168 e. The van der Waals surface area contributed by atoms with Gasteiger partial charge in [-0.3, -0.25) is 4.79 Å². The molecule has 0 bridgehead atoms. The first-order valence-corrected chi connectivity index (χ1v) is 7.29. The average Bonchev–Trinajstić information content (AvgIpc) is 2.39. The zero-order valence-electron chi connectivity index (χ0n) is 11.7. The molecule has 18 heavy (non-hydrogen) atoms. The molecule has 1 aliphatic carbocycles. The number of benzene rings is 1. The molecule has 2 rings (SSSR count). The van der Waals surface area contributed by atoms with Gasteiger partial charge in [0.25, 0.3) is 0 Å². The van der Waals surface area contributed by atoms with Crippen LogP contribution >= 0.6 is 0 Å². The molecule has 0 N–H and O–H groups in total. The maximum atomic E-state index is 12.7. The Morgan fingerprint density at radius 1 is 1.22 bits per heavy atom. The Kier molecular flexibility index (Phi) is 4.21. The van der Waals surface area contributed by atoms with Crippen LogP contribution in [-0.2, 0) is 6.42 Å². The number of carbonyl (C=O) groups excluding carboxylic acids is 1.